The Labute approximate surface area is 153 Å². The van der Waals surface area contributed by atoms with Gasteiger partial charge in [0.15, 0.2) is 0 Å². The third kappa shape index (κ3) is 4.06. The van der Waals surface area contributed by atoms with Crippen molar-refractivity contribution in [3.63, 3.8) is 0 Å². The maximum absolute atomic E-state index is 13.0. The van der Waals surface area contributed by atoms with Crippen LogP contribution < -0.4 is 5.32 Å². The average molecular weight is 376 g/mol. The van der Waals surface area contributed by atoms with Gasteiger partial charge in [0.05, 0.1) is 10.8 Å². The highest BCUT2D eigenvalue weighted by Gasteiger charge is 2.33. The predicted molar refractivity (Wildman–Crippen MR) is 100 cm³/mol. The number of aliphatic hydroxyl groups excluding tert-OH is 1. The van der Waals surface area contributed by atoms with Gasteiger partial charge in [-0.05, 0) is 42.2 Å². The molecule has 1 fully saturated rings. The summed E-state index contributed by atoms with van der Waals surface area (Å²) in [6, 6.07) is 12.8. The van der Waals surface area contributed by atoms with Crippen LogP contribution >= 0.6 is 0 Å². The van der Waals surface area contributed by atoms with Crippen LogP contribution in [-0.4, -0.2) is 50.0 Å². The molecule has 0 unspecified atom stereocenters. The molecule has 1 saturated heterocycles. The summed E-state index contributed by atoms with van der Waals surface area (Å²) in [5.74, 6) is -0.491. The van der Waals surface area contributed by atoms with Crippen molar-refractivity contribution in [2.45, 2.75) is 24.2 Å². The first-order valence-corrected chi connectivity index (χ1v) is 10.3. The molecular formula is C19H24N2O4S. The van der Waals surface area contributed by atoms with Gasteiger partial charge < -0.3 is 10.4 Å². The maximum Gasteiger partial charge on any atom is 0.243 e. The summed E-state index contributed by atoms with van der Waals surface area (Å²) in [5.41, 5.74) is 0. The highest BCUT2D eigenvalue weighted by Crippen LogP contribution is 2.26. The van der Waals surface area contributed by atoms with Crippen LogP contribution in [0.25, 0.3) is 10.8 Å². The van der Waals surface area contributed by atoms with E-state index in [1.807, 2.05) is 30.3 Å². The zero-order valence-electron chi connectivity index (χ0n) is 14.6. The first kappa shape index (κ1) is 18.8. The second-order valence-corrected chi connectivity index (χ2v) is 8.52. The zero-order valence-corrected chi connectivity index (χ0v) is 15.4. The van der Waals surface area contributed by atoms with Crippen LogP contribution in [0, 0.1) is 5.92 Å². The Kier molecular flexibility index (Phi) is 5.90. The Hall–Kier alpha value is -1.96. The summed E-state index contributed by atoms with van der Waals surface area (Å²) < 4.78 is 27.5. The number of hydrogen-bond donors (Lipinski definition) is 2. The van der Waals surface area contributed by atoms with Gasteiger partial charge in [-0.3, -0.25) is 4.79 Å². The van der Waals surface area contributed by atoms with Gasteiger partial charge in [0.2, 0.25) is 15.9 Å². The van der Waals surface area contributed by atoms with E-state index in [0.29, 0.717) is 32.4 Å². The molecule has 3 rings (SSSR count). The van der Waals surface area contributed by atoms with Crippen molar-refractivity contribution in [1.82, 2.24) is 9.62 Å². The highest BCUT2D eigenvalue weighted by atomic mass is 32.2. The molecule has 7 heteroatoms. The summed E-state index contributed by atoms with van der Waals surface area (Å²) in [7, 11) is -3.63. The monoisotopic (exact) mass is 376 g/mol. The zero-order chi connectivity index (χ0) is 18.6. The largest absolute Gasteiger partial charge is 0.396 e. The molecule has 1 atom stereocenters. The number of fused-ring (bicyclic) bond motifs is 1. The molecular weight excluding hydrogens is 352 g/mol. The van der Waals surface area contributed by atoms with Crippen LogP contribution in [0.15, 0.2) is 47.4 Å². The molecule has 1 aliphatic rings. The smallest absolute Gasteiger partial charge is 0.243 e. The summed E-state index contributed by atoms with van der Waals surface area (Å²) in [5, 5.41) is 13.4. The molecule has 0 aliphatic carbocycles. The first-order chi connectivity index (χ1) is 12.5. The van der Waals surface area contributed by atoms with Crippen molar-refractivity contribution in [2.24, 2.45) is 5.92 Å². The molecule has 1 aliphatic heterocycles. The third-order valence-electron chi connectivity index (χ3n) is 4.75. The number of hydrogen-bond acceptors (Lipinski definition) is 4. The Morgan fingerprint density at radius 2 is 1.96 bits per heavy atom. The molecule has 26 heavy (non-hydrogen) atoms. The number of rotatable bonds is 6. The van der Waals surface area contributed by atoms with Gasteiger partial charge in [0.25, 0.3) is 0 Å². The number of piperidine rings is 1. The Morgan fingerprint density at radius 1 is 1.19 bits per heavy atom. The van der Waals surface area contributed by atoms with Crippen molar-refractivity contribution < 1.29 is 18.3 Å². The van der Waals surface area contributed by atoms with Gasteiger partial charge in [-0.1, -0.05) is 30.3 Å². The Morgan fingerprint density at radius 3 is 2.73 bits per heavy atom. The highest BCUT2D eigenvalue weighted by molar-refractivity contribution is 7.89. The van der Waals surface area contributed by atoms with E-state index in [0.717, 1.165) is 10.8 Å². The predicted octanol–water partition coefficient (Wildman–Crippen LogP) is 1.74. The van der Waals surface area contributed by atoms with E-state index in [1.165, 1.54) is 4.31 Å². The van der Waals surface area contributed by atoms with Crippen molar-refractivity contribution >= 4 is 26.7 Å². The van der Waals surface area contributed by atoms with E-state index >= 15 is 0 Å². The fraction of sp³-hybridized carbons (Fsp3) is 0.421. The number of benzene rings is 2. The van der Waals surface area contributed by atoms with E-state index in [1.54, 1.807) is 12.1 Å². The molecule has 2 aromatic carbocycles. The fourth-order valence-electron chi connectivity index (χ4n) is 3.29. The van der Waals surface area contributed by atoms with E-state index in [-0.39, 0.29) is 29.9 Å². The lowest BCUT2D eigenvalue weighted by atomic mass is 9.99. The normalized spacial score (nSPS) is 18.7. The minimum absolute atomic E-state index is 0.0212. The number of carbonyl (C=O) groups excluding carboxylic acids is 1. The molecule has 1 heterocycles. The van der Waals surface area contributed by atoms with Crippen molar-refractivity contribution in [1.29, 1.82) is 0 Å². The van der Waals surface area contributed by atoms with Gasteiger partial charge in [-0.25, -0.2) is 8.42 Å². The van der Waals surface area contributed by atoms with Gasteiger partial charge in [0.1, 0.15) is 0 Å². The van der Waals surface area contributed by atoms with Crippen LogP contribution in [0.2, 0.25) is 0 Å². The molecule has 0 aromatic heterocycles. The van der Waals surface area contributed by atoms with Crippen molar-refractivity contribution in [3.8, 4) is 0 Å². The quantitative estimate of drug-likeness (QED) is 0.752. The Bertz CT molecular complexity index is 882. The maximum atomic E-state index is 13.0. The number of sulfonamides is 1. The van der Waals surface area contributed by atoms with Crippen molar-refractivity contribution in [3.05, 3.63) is 42.5 Å². The standard InChI is InChI=1S/C19H24N2O4S/c22-12-4-10-20-19(23)17-7-3-11-21(14-17)26(24,25)18-9-8-15-5-1-2-6-16(15)13-18/h1-2,5-6,8-9,13,17,22H,3-4,7,10-12,14H2,(H,20,23)/t17-/m0/s1. The number of amides is 1. The molecule has 140 valence electrons. The number of aliphatic hydroxyl groups is 1. The summed E-state index contributed by atoms with van der Waals surface area (Å²) in [6.45, 7) is 1.05. The third-order valence-corrected chi connectivity index (χ3v) is 6.61. The minimum atomic E-state index is -3.63. The fourth-order valence-corrected chi connectivity index (χ4v) is 4.85. The second-order valence-electron chi connectivity index (χ2n) is 6.58. The van der Waals surface area contributed by atoms with Crippen molar-refractivity contribution in [2.75, 3.05) is 26.2 Å². The van der Waals surface area contributed by atoms with Crippen LogP contribution in [0.3, 0.4) is 0 Å². The van der Waals surface area contributed by atoms with E-state index < -0.39 is 10.0 Å². The molecule has 0 spiro atoms. The number of carbonyl (C=O) groups is 1. The number of nitrogens with one attached hydrogen (secondary N) is 1. The van der Waals surface area contributed by atoms with Gasteiger partial charge >= 0.3 is 0 Å². The molecule has 0 saturated carbocycles. The molecule has 2 N–H and O–H groups in total. The second kappa shape index (κ2) is 8.16. The molecule has 0 radical (unpaired) electrons. The average Bonchev–Trinajstić information content (AvgIpc) is 2.67. The van der Waals surface area contributed by atoms with Crippen LogP contribution in [0.5, 0.6) is 0 Å². The van der Waals surface area contributed by atoms with E-state index in [9.17, 15) is 13.2 Å². The summed E-state index contributed by atoms with van der Waals surface area (Å²) in [6.07, 6.45) is 1.83. The Balaban J connectivity index is 1.76. The SMILES string of the molecule is O=C(NCCCO)[C@H]1CCCN(S(=O)(=O)c2ccc3ccccc3c2)C1. The molecule has 0 bridgehead atoms. The number of nitrogens with zero attached hydrogens (tertiary/aromatic N) is 1. The van der Waals surface area contributed by atoms with E-state index in [2.05, 4.69) is 5.32 Å². The molecule has 2 aromatic rings. The van der Waals surface area contributed by atoms with Gasteiger partial charge in [-0.15, -0.1) is 0 Å². The lowest BCUT2D eigenvalue weighted by Gasteiger charge is -2.31. The van der Waals surface area contributed by atoms with Crippen LogP contribution in [-0.2, 0) is 14.8 Å². The first-order valence-electron chi connectivity index (χ1n) is 8.90. The van der Waals surface area contributed by atoms with Gasteiger partial charge in [-0.2, -0.15) is 4.31 Å². The molecule has 6 nitrogen and oxygen atoms in total. The lowest BCUT2D eigenvalue weighted by molar-refractivity contribution is -0.126. The minimum Gasteiger partial charge on any atom is -0.396 e. The lowest BCUT2D eigenvalue weighted by Crippen LogP contribution is -2.45. The van der Waals surface area contributed by atoms with Crippen LogP contribution in [0.1, 0.15) is 19.3 Å². The van der Waals surface area contributed by atoms with E-state index in [4.69, 9.17) is 5.11 Å². The van der Waals surface area contributed by atoms with Gasteiger partial charge in [0, 0.05) is 26.2 Å². The molecule has 1 amide bonds. The summed E-state index contributed by atoms with van der Waals surface area (Å²) in [4.78, 5) is 12.5. The topological polar surface area (TPSA) is 86.7 Å². The summed E-state index contributed by atoms with van der Waals surface area (Å²) >= 11 is 0. The van der Waals surface area contributed by atoms with Crippen LogP contribution in [0.4, 0.5) is 0 Å².